The molecule has 0 unspecified atom stereocenters. The van der Waals surface area contributed by atoms with Gasteiger partial charge in [-0.3, -0.25) is 4.18 Å². The van der Waals surface area contributed by atoms with Crippen LogP contribution in [0.15, 0.2) is 55.0 Å². The number of nitrogens with zero attached hydrogens (tertiary/aromatic N) is 6. The predicted molar refractivity (Wildman–Crippen MR) is 201 cm³/mol. The normalized spacial score (nSPS) is 17.5. The van der Waals surface area contributed by atoms with Crippen LogP contribution in [0.5, 0.6) is 0 Å². The predicted octanol–water partition coefficient (Wildman–Crippen LogP) is 7.26. The number of ether oxygens (including phenoxy) is 2. The Balaban J connectivity index is 1.48. The molecule has 1 aliphatic carbocycles. The summed E-state index contributed by atoms with van der Waals surface area (Å²) in [5.74, 6) is 1.31. The van der Waals surface area contributed by atoms with Crippen LogP contribution in [0.25, 0.3) is 22.5 Å². The van der Waals surface area contributed by atoms with Crippen LogP contribution < -0.4 is 4.90 Å². The van der Waals surface area contributed by atoms with E-state index in [1.807, 2.05) is 58.1 Å². The Hall–Kier alpha value is -2.89. The van der Waals surface area contributed by atoms with Gasteiger partial charge in [-0.2, -0.15) is 23.1 Å². The third kappa shape index (κ3) is 11.1. The number of para-hydroxylation sites is 1. The molecule has 1 saturated carbocycles. The lowest BCUT2D eigenvalue weighted by Gasteiger charge is -2.30. The quantitative estimate of drug-likeness (QED) is 0.0480. The first-order valence-electron chi connectivity index (χ1n) is 17.4. The molecule has 0 spiro atoms. The van der Waals surface area contributed by atoms with Crippen LogP contribution in [-0.4, -0.2) is 88.5 Å². The first kappa shape index (κ1) is 37.4. The first-order valence-corrected chi connectivity index (χ1v) is 26.6. The van der Waals surface area contributed by atoms with Crippen molar-refractivity contribution in [3.8, 4) is 16.8 Å². The van der Waals surface area contributed by atoms with Crippen LogP contribution in [0.2, 0.25) is 51.4 Å². The third-order valence-electron chi connectivity index (χ3n) is 8.98. The molecule has 3 heterocycles. The molecule has 4 aromatic rings. The second kappa shape index (κ2) is 16.0. The van der Waals surface area contributed by atoms with Crippen molar-refractivity contribution in [1.82, 2.24) is 24.4 Å². The van der Waals surface area contributed by atoms with Gasteiger partial charge in [0.15, 0.2) is 5.65 Å². The van der Waals surface area contributed by atoms with Gasteiger partial charge in [-0.1, -0.05) is 57.5 Å². The minimum Gasteiger partial charge on any atom is -0.361 e. The molecule has 1 aliphatic rings. The molecule has 14 heteroatoms. The molecule has 0 N–H and O–H groups in total. The molecule has 0 radical (unpaired) electrons. The van der Waals surface area contributed by atoms with Crippen LogP contribution in [0, 0.1) is 5.92 Å². The number of rotatable bonds is 17. The zero-order valence-corrected chi connectivity index (χ0v) is 33.1. The highest BCUT2D eigenvalue weighted by Crippen LogP contribution is 2.38. The monoisotopic (exact) mass is 726 g/mol. The molecule has 5 rings (SSSR count). The molecule has 49 heavy (non-hydrogen) atoms. The fraction of sp³-hybridized carbons (Fsp3) is 0.571. The van der Waals surface area contributed by atoms with Crippen LogP contribution in [0.4, 0.5) is 5.82 Å². The largest absolute Gasteiger partial charge is 0.361 e. The molecule has 0 atom stereocenters. The minimum absolute atomic E-state index is 0.208. The highest BCUT2D eigenvalue weighted by atomic mass is 32.2. The number of fused-ring (bicyclic) bond motifs is 1. The first-order chi connectivity index (χ1) is 23.2. The number of hydrogen-bond donors (Lipinski definition) is 0. The smallest absolute Gasteiger partial charge is 0.264 e. The molecule has 0 bridgehead atoms. The average Bonchev–Trinajstić information content (AvgIpc) is 3.70. The summed E-state index contributed by atoms with van der Waals surface area (Å²) >= 11 is 0. The summed E-state index contributed by atoms with van der Waals surface area (Å²) in [5.41, 5.74) is 4.57. The molecule has 0 amide bonds. The molecule has 0 saturated heterocycles. The zero-order chi connectivity index (χ0) is 35.2. The fourth-order valence-corrected chi connectivity index (χ4v) is 7.86. The summed E-state index contributed by atoms with van der Waals surface area (Å²) in [6, 6.07) is 14.4. The summed E-state index contributed by atoms with van der Waals surface area (Å²) in [7, 11) is -5.99. The van der Waals surface area contributed by atoms with Crippen molar-refractivity contribution in [3.63, 3.8) is 0 Å². The highest BCUT2D eigenvalue weighted by molar-refractivity contribution is 7.85. The lowest BCUT2D eigenvalue weighted by Crippen LogP contribution is -2.33. The Morgan fingerprint density at radius 3 is 2.10 bits per heavy atom. The van der Waals surface area contributed by atoms with Crippen molar-refractivity contribution in [1.29, 1.82) is 0 Å². The van der Waals surface area contributed by atoms with Crippen molar-refractivity contribution in [2.75, 3.05) is 44.4 Å². The Kier molecular flexibility index (Phi) is 12.2. The van der Waals surface area contributed by atoms with E-state index in [4.69, 9.17) is 23.7 Å². The van der Waals surface area contributed by atoms with Gasteiger partial charge in [-0.15, -0.1) is 0 Å². The van der Waals surface area contributed by atoms with Crippen molar-refractivity contribution in [2.45, 2.75) is 83.0 Å². The highest BCUT2D eigenvalue weighted by Gasteiger charge is 2.28. The van der Waals surface area contributed by atoms with Crippen molar-refractivity contribution in [3.05, 3.63) is 60.7 Å². The summed E-state index contributed by atoms with van der Waals surface area (Å²) in [6.07, 6.45) is 10.4. The number of anilines is 1. The topological polar surface area (TPSA) is 113 Å². The molecule has 1 aromatic carbocycles. The minimum atomic E-state index is -3.46. The van der Waals surface area contributed by atoms with Gasteiger partial charge in [-0.05, 0) is 55.8 Å². The standard InChI is InChI=1S/C35H54N6O5SSi2/c1-47(42,43)46-25-28-13-15-29(16-14-28)33-21-34(39(26-44-17-19-48(2,3)4)27-45-18-20-49(5,6)7)41-35(38-33)32(23-37-41)30-22-36-40(24-30)31-11-9-8-10-12-31/h8-12,21-24,28-29H,13-20,25-27H2,1-7H3/t28-,29-. The van der Waals surface area contributed by atoms with Crippen LogP contribution >= 0.6 is 0 Å². The maximum atomic E-state index is 11.6. The van der Waals surface area contributed by atoms with E-state index in [1.54, 1.807) is 0 Å². The van der Waals surface area contributed by atoms with Crippen LogP contribution in [0.1, 0.15) is 37.3 Å². The second-order valence-electron chi connectivity index (χ2n) is 15.8. The summed E-state index contributed by atoms with van der Waals surface area (Å²) in [4.78, 5) is 7.41. The maximum Gasteiger partial charge on any atom is 0.264 e. The van der Waals surface area contributed by atoms with Gasteiger partial charge < -0.3 is 14.4 Å². The van der Waals surface area contributed by atoms with E-state index >= 15 is 0 Å². The van der Waals surface area contributed by atoms with Crippen molar-refractivity contribution < 1.29 is 22.1 Å². The second-order valence-corrected chi connectivity index (χ2v) is 28.7. The lowest BCUT2D eigenvalue weighted by atomic mass is 9.81. The van der Waals surface area contributed by atoms with E-state index in [1.165, 1.54) is 0 Å². The van der Waals surface area contributed by atoms with E-state index in [0.717, 1.165) is 78.0 Å². The Labute approximate surface area is 294 Å². The van der Waals surface area contributed by atoms with Crippen LogP contribution in [0.3, 0.4) is 0 Å². The molecule has 268 valence electrons. The summed E-state index contributed by atoms with van der Waals surface area (Å²) in [6.45, 7) is 16.6. The van der Waals surface area contributed by atoms with Gasteiger partial charge >= 0.3 is 0 Å². The van der Waals surface area contributed by atoms with Gasteiger partial charge in [0.2, 0.25) is 0 Å². The van der Waals surface area contributed by atoms with Gasteiger partial charge in [0.1, 0.15) is 19.3 Å². The van der Waals surface area contributed by atoms with E-state index in [0.29, 0.717) is 26.7 Å². The molecule has 3 aromatic heterocycles. The molecule has 1 fully saturated rings. The lowest BCUT2D eigenvalue weighted by molar-refractivity contribution is 0.0942. The van der Waals surface area contributed by atoms with Crippen LogP contribution in [-0.2, 0) is 23.8 Å². The summed E-state index contributed by atoms with van der Waals surface area (Å²) in [5, 5.41) is 9.54. The molecular formula is C35H54N6O5SSi2. The number of hydrogen-bond acceptors (Lipinski definition) is 9. The number of aromatic nitrogens is 5. The SMILES string of the molecule is C[Si](C)(C)CCOCN(COCC[Si](C)(C)C)c1cc([C@H]2CC[C@H](COS(C)(=O)=O)CC2)nc2c(-c3cnn(-c4ccccc4)c3)cnn12. The van der Waals surface area contributed by atoms with Crippen molar-refractivity contribution >= 4 is 37.7 Å². The third-order valence-corrected chi connectivity index (χ3v) is 13.0. The molecular weight excluding hydrogens is 673 g/mol. The van der Waals surface area contributed by atoms with Crippen molar-refractivity contribution in [2.24, 2.45) is 5.92 Å². The van der Waals surface area contributed by atoms with Gasteiger partial charge in [-0.25, -0.2) is 9.67 Å². The van der Waals surface area contributed by atoms with Gasteiger partial charge in [0.25, 0.3) is 10.1 Å². The van der Waals surface area contributed by atoms with Gasteiger partial charge in [0, 0.05) is 64.4 Å². The molecule has 0 aliphatic heterocycles. The average molecular weight is 727 g/mol. The van der Waals surface area contributed by atoms with E-state index < -0.39 is 26.3 Å². The zero-order valence-electron chi connectivity index (χ0n) is 30.3. The Morgan fingerprint density at radius 1 is 0.878 bits per heavy atom. The van der Waals surface area contributed by atoms with Gasteiger partial charge in [0.05, 0.1) is 30.9 Å². The maximum absolute atomic E-state index is 11.6. The van der Waals surface area contributed by atoms with E-state index in [9.17, 15) is 8.42 Å². The van der Waals surface area contributed by atoms with E-state index in [-0.39, 0.29) is 18.4 Å². The Bertz CT molecular complexity index is 1740. The summed E-state index contributed by atoms with van der Waals surface area (Å²) < 4.78 is 44.8. The molecule has 11 nitrogen and oxygen atoms in total. The fourth-order valence-electron chi connectivity index (χ4n) is 5.91. The number of benzene rings is 1. The van der Waals surface area contributed by atoms with E-state index in [2.05, 4.69) is 55.3 Å². The Morgan fingerprint density at radius 2 is 1.51 bits per heavy atom.